The standard InChI is InChI=1S/C23H22N4O3/c1-3-28-23(29-4-2)22(15-25)19(21(22,14-24)20(26)27-23)16-9-8-12-18(13-16)30-17-10-6-5-7-11-17/h5-13,19H,3-4H2,1-2H3,(H2,26,27)/p+1/t19-,21-,22-/m1/s1. The van der Waals surface area contributed by atoms with Gasteiger partial charge in [-0.2, -0.15) is 10.5 Å². The molecule has 2 aromatic rings. The first-order valence-corrected chi connectivity index (χ1v) is 9.89. The van der Waals surface area contributed by atoms with Crippen LogP contribution in [0.4, 0.5) is 0 Å². The second kappa shape index (κ2) is 7.14. The summed E-state index contributed by atoms with van der Waals surface area (Å²) in [5.41, 5.74) is 4.47. The van der Waals surface area contributed by atoms with Crippen LogP contribution in [-0.2, 0) is 9.47 Å². The molecule has 0 aromatic heterocycles. The Morgan fingerprint density at radius 3 is 2.23 bits per heavy atom. The average molecular weight is 403 g/mol. The Balaban J connectivity index is 1.79. The summed E-state index contributed by atoms with van der Waals surface area (Å²) in [6, 6.07) is 21.4. The molecule has 1 aliphatic carbocycles. The van der Waals surface area contributed by atoms with Crippen molar-refractivity contribution in [3.05, 3.63) is 60.2 Å². The summed E-state index contributed by atoms with van der Waals surface area (Å²) in [5, 5.41) is 20.5. The lowest BCUT2D eigenvalue weighted by atomic mass is 9.93. The van der Waals surface area contributed by atoms with Crippen LogP contribution in [0.5, 0.6) is 11.5 Å². The van der Waals surface area contributed by atoms with E-state index in [1.54, 1.807) is 0 Å². The Labute approximate surface area is 175 Å². The van der Waals surface area contributed by atoms with Gasteiger partial charge in [0.1, 0.15) is 11.5 Å². The van der Waals surface area contributed by atoms with Crippen LogP contribution in [0.3, 0.4) is 0 Å². The maximum Gasteiger partial charge on any atom is 0.343 e. The molecule has 1 heterocycles. The molecular formula is C23H23N4O3+. The first-order chi connectivity index (χ1) is 14.5. The quantitative estimate of drug-likeness (QED) is 0.681. The average Bonchev–Trinajstić information content (AvgIpc) is 3.34. The van der Waals surface area contributed by atoms with Crippen LogP contribution >= 0.6 is 0 Å². The van der Waals surface area contributed by atoms with Crippen molar-refractivity contribution in [2.24, 2.45) is 16.6 Å². The zero-order valence-electron chi connectivity index (χ0n) is 16.9. The van der Waals surface area contributed by atoms with E-state index in [-0.39, 0.29) is 19.0 Å². The highest BCUT2D eigenvalue weighted by Crippen LogP contribution is 2.78. The highest BCUT2D eigenvalue weighted by atomic mass is 16.7. The van der Waals surface area contributed by atoms with Gasteiger partial charge in [0, 0.05) is 5.92 Å². The molecule has 30 heavy (non-hydrogen) atoms. The highest BCUT2D eigenvalue weighted by molar-refractivity contribution is 5.95. The number of nitrogens with zero attached hydrogens (tertiary/aromatic N) is 2. The summed E-state index contributed by atoms with van der Waals surface area (Å²) in [6.07, 6.45) is 0. The predicted molar refractivity (Wildman–Crippen MR) is 108 cm³/mol. The fourth-order valence-electron chi connectivity index (χ4n) is 4.74. The second-order valence-corrected chi connectivity index (χ2v) is 7.28. The number of nitrogens with two attached hydrogens (primary N) is 1. The van der Waals surface area contributed by atoms with Crippen LogP contribution in [-0.4, -0.2) is 25.0 Å². The first kappa shape index (κ1) is 19.9. The van der Waals surface area contributed by atoms with Gasteiger partial charge in [-0.15, -0.1) is 0 Å². The molecule has 0 saturated heterocycles. The Kier molecular flexibility index (Phi) is 4.74. The van der Waals surface area contributed by atoms with Gasteiger partial charge in [0.25, 0.3) is 5.84 Å². The predicted octanol–water partition coefficient (Wildman–Crippen LogP) is 1.77. The summed E-state index contributed by atoms with van der Waals surface area (Å²) in [7, 11) is 0. The molecule has 7 nitrogen and oxygen atoms in total. The van der Waals surface area contributed by atoms with Crippen molar-refractivity contribution in [1.29, 1.82) is 10.5 Å². The summed E-state index contributed by atoms with van der Waals surface area (Å²) in [6.45, 7) is 4.19. The molecule has 1 fully saturated rings. The van der Waals surface area contributed by atoms with Gasteiger partial charge in [-0.3, -0.25) is 5.73 Å². The zero-order chi connectivity index (χ0) is 21.4. The highest BCUT2D eigenvalue weighted by Gasteiger charge is 2.97. The summed E-state index contributed by atoms with van der Waals surface area (Å²) in [5.74, 6) is -0.533. The van der Waals surface area contributed by atoms with Gasteiger partial charge in [0.05, 0.1) is 25.4 Å². The van der Waals surface area contributed by atoms with E-state index in [0.717, 1.165) is 5.56 Å². The largest absolute Gasteiger partial charge is 0.457 e. The van der Waals surface area contributed by atoms with E-state index < -0.39 is 22.7 Å². The molecule has 152 valence electrons. The smallest absolute Gasteiger partial charge is 0.343 e. The molecule has 4 rings (SSSR count). The van der Waals surface area contributed by atoms with Gasteiger partial charge < -0.3 is 14.2 Å². The molecule has 2 aliphatic rings. The van der Waals surface area contributed by atoms with E-state index in [1.165, 1.54) is 0 Å². The van der Waals surface area contributed by atoms with Crippen molar-refractivity contribution < 1.29 is 19.2 Å². The van der Waals surface area contributed by atoms with Crippen molar-refractivity contribution in [3.8, 4) is 23.6 Å². The molecule has 7 heteroatoms. The number of para-hydroxylation sites is 1. The fraction of sp³-hybridized carbons (Fsp3) is 0.348. The van der Waals surface area contributed by atoms with Crippen molar-refractivity contribution in [3.63, 3.8) is 0 Å². The van der Waals surface area contributed by atoms with Crippen molar-refractivity contribution in [2.45, 2.75) is 25.7 Å². The summed E-state index contributed by atoms with van der Waals surface area (Å²) < 4.78 is 17.8. The van der Waals surface area contributed by atoms with E-state index in [0.29, 0.717) is 11.5 Å². The van der Waals surface area contributed by atoms with Crippen molar-refractivity contribution in [2.75, 3.05) is 13.2 Å². The van der Waals surface area contributed by atoms with E-state index >= 15 is 0 Å². The monoisotopic (exact) mass is 403 g/mol. The lowest BCUT2D eigenvalue weighted by molar-refractivity contribution is -0.693. The first-order valence-electron chi connectivity index (χ1n) is 9.89. The molecule has 3 atom stereocenters. The van der Waals surface area contributed by atoms with Crippen molar-refractivity contribution in [1.82, 2.24) is 0 Å². The van der Waals surface area contributed by atoms with Crippen LogP contribution in [0.25, 0.3) is 0 Å². The second-order valence-electron chi connectivity index (χ2n) is 7.28. The van der Waals surface area contributed by atoms with Gasteiger partial charge >= 0.3 is 5.91 Å². The number of benzene rings is 2. The third kappa shape index (κ3) is 2.40. The topological polar surface area (TPSA) is 115 Å². The van der Waals surface area contributed by atoms with Gasteiger partial charge in [-0.05, 0) is 43.7 Å². The van der Waals surface area contributed by atoms with Crippen LogP contribution in [0.2, 0.25) is 0 Å². The van der Waals surface area contributed by atoms with Gasteiger partial charge in [-0.1, -0.05) is 30.3 Å². The molecule has 2 aromatic carbocycles. The van der Waals surface area contributed by atoms with Crippen LogP contribution in [0.1, 0.15) is 25.3 Å². The number of hydrogen-bond donors (Lipinski definition) is 2. The Hall–Kier alpha value is -3.39. The molecule has 1 saturated carbocycles. The summed E-state index contributed by atoms with van der Waals surface area (Å²) >= 11 is 0. The van der Waals surface area contributed by atoms with Gasteiger partial charge in [0.2, 0.25) is 0 Å². The fourth-order valence-corrected chi connectivity index (χ4v) is 4.74. The number of nitrogens with one attached hydrogen (secondary N) is 1. The Morgan fingerprint density at radius 2 is 1.63 bits per heavy atom. The zero-order valence-corrected chi connectivity index (χ0v) is 16.9. The molecule has 0 bridgehead atoms. The number of fused-ring (bicyclic) bond motifs is 1. The molecule has 0 radical (unpaired) electrons. The van der Waals surface area contributed by atoms with Crippen molar-refractivity contribution >= 4 is 5.84 Å². The van der Waals surface area contributed by atoms with Crippen LogP contribution < -0.4 is 15.5 Å². The van der Waals surface area contributed by atoms with Crippen LogP contribution in [0, 0.1) is 33.5 Å². The SMILES string of the molecule is CCOC1(OCC)[NH+]=C(N)[C@@]2(C#N)[C@@H](c3cccc(Oc4ccccc4)c3)[C@@]12C#N. The molecule has 3 N–H and O–H groups in total. The maximum absolute atomic E-state index is 10.3. The lowest BCUT2D eigenvalue weighted by Gasteiger charge is -2.29. The Bertz CT molecular complexity index is 1070. The number of amidine groups is 1. The van der Waals surface area contributed by atoms with E-state index in [1.807, 2.05) is 68.4 Å². The van der Waals surface area contributed by atoms with Gasteiger partial charge in [0.15, 0.2) is 10.8 Å². The maximum atomic E-state index is 10.3. The molecule has 1 aliphatic heterocycles. The minimum atomic E-state index is -1.49. The van der Waals surface area contributed by atoms with E-state index in [4.69, 9.17) is 19.9 Å². The molecular weight excluding hydrogens is 380 g/mol. The molecule has 0 spiro atoms. The minimum Gasteiger partial charge on any atom is -0.457 e. The third-order valence-electron chi connectivity index (χ3n) is 5.87. The number of nitriles is 2. The van der Waals surface area contributed by atoms with E-state index in [2.05, 4.69) is 17.1 Å². The normalized spacial score (nSPS) is 28.0. The van der Waals surface area contributed by atoms with Crippen LogP contribution in [0.15, 0.2) is 54.6 Å². The third-order valence-corrected chi connectivity index (χ3v) is 5.87. The summed E-state index contributed by atoms with van der Waals surface area (Å²) in [4.78, 5) is 2.98. The lowest BCUT2D eigenvalue weighted by Crippen LogP contribution is -2.91. The number of hydrogen-bond acceptors (Lipinski definition) is 6. The van der Waals surface area contributed by atoms with E-state index in [9.17, 15) is 10.5 Å². The molecule has 0 amide bonds. The molecule has 0 unspecified atom stereocenters. The Morgan fingerprint density at radius 1 is 0.967 bits per heavy atom. The van der Waals surface area contributed by atoms with Gasteiger partial charge in [-0.25, -0.2) is 4.99 Å². The number of rotatable bonds is 7. The minimum absolute atomic E-state index is 0.188. The number of ether oxygens (including phenoxy) is 3.